The number of aryl methyl sites for hydroxylation is 1. The fourth-order valence-electron chi connectivity index (χ4n) is 2.12. The van der Waals surface area contributed by atoms with Crippen molar-refractivity contribution in [2.45, 2.75) is 26.3 Å². The molecule has 0 aliphatic carbocycles. The molecule has 0 radical (unpaired) electrons. The van der Waals surface area contributed by atoms with Gasteiger partial charge in [0.25, 0.3) is 0 Å². The summed E-state index contributed by atoms with van der Waals surface area (Å²) in [5.74, 6) is -0.458. The van der Waals surface area contributed by atoms with E-state index in [-0.39, 0.29) is 24.4 Å². The smallest absolute Gasteiger partial charge is 0.322 e. The highest BCUT2D eigenvalue weighted by Gasteiger charge is 2.24. The predicted molar refractivity (Wildman–Crippen MR) is 74.0 cm³/mol. The molecule has 0 spiro atoms. The van der Waals surface area contributed by atoms with Crippen molar-refractivity contribution >= 4 is 17.6 Å². The Balaban J connectivity index is 2.10. The number of carbonyl (C=O) groups is 2. The second-order valence-corrected chi connectivity index (χ2v) is 4.99. The van der Waals surface area contributed by atoms with Gasteiger partial charge in [-0.3, -0.25) is 4.79 Å². The van der Waals surface area contributed by atoms with Gasteiger partial charge in [0, 0.05) is 31.2 Å². The maximum Gasteiger partial charge on any atom is 0.322 e. The summed E-state index contributed by atoms with van der Waals surface area (Å²) in [5, 5.41) is 5.44. The molecule has 2 N–H and O–H groups in total. The van der Waals surface area contributed by atoms with Crippen LogP contribution in [-0.2, 0) is 4.79 Å². The summed E-state index contributed by atoms with van der Waals surface area (Å²) in [6.07, 6.45) is 0.278. The molecule has 2 rings (SSSR count). The third-order valence-corrected chi connectivity index (χ3v) is 3.41. The third-order valence-electron chi connectivity index (χ3n) is 3.41. The van der Waals surface area contributed by atoms with Crippen molar-refractivity contribution in [2.24, 2.45) is 0 Å². The minimum Gasteiger partial charge on any atom is -0.354 e. The lowest BCUT2D eigenvalue weighted by molar-refractivity contribution is -0.120. The number of anilines is 1. The molecule has 1 saturated heterocycles. The van der Waals surface area contributed by atoms with Crippen molar-refractivity contribution in [3.63, 3.8) is 0 Å². The van der Waals surface area contributed by atoms with Crippen LogP contribution in [0.3, 0.4) is 0 Å². The molecule has 0 unspecified atom stereocenters. The Bertz CT molecular complexity index is 533. The number of carbonyl (C=O) groups excluding carboxylic acids is 2. The quantitative estimate of drug-likeness (QED) is 0.824. The first-order chi connectivity index (χ1) is 9.47. The zero-order chi connectivity index (χ0) is 14.7. The maximum atomic E-state index is 13.2. The van der Waals surface area contributed by atoms with Crippen LogP contribution in [0.25, 0.3) is 0 Å². The van der Waals surface area contributed by atoms with Crippen LogP contribution in [-0.4, -0.2) is 36.0 Å². The molecule has 6 heteroatoms. The van der Waals surface area contributed by atoms with Crippen LogP contribution in [0.4, 0.5) is 14.9 Å². The number of benzene rings is 1. The van der Waals surface area contributed by atoms with Crippen molar-refractivity contribution < 1.29 is 14.0 Å². The number of rotatable bonds is 1. The molecule has 1 aromatic carbocycles. The molecule has 108 valence electrons. The van der Waals surface area contributed by atoms with Crippen LogP contribution in [0.15, 0.2) is 18.2 Å². The van der Waals surface area contributed by atoms with Crippen LogP contribution in [0.1, 0.15) is 18.9 Å². The molecule has 1 atom stereocenters. The number of urea groups is 1. The summed E-state index contributed by atoms with van der Waals surface area (Å²) in [5.41, 5.74) is 1.24. The summed E-state index contributed by atoms with van der Waals surface area (Å²) >= 11 is 0. The summed E-state index contributed by atoms with van der Waals surface area (Å²) in [4.78, 5) is 25.2. The fourth-order valence-corrected chi connectivity index (χ4v) is 2.12. The van der Waals surface area contributed by atoms with Crippen LogP contribution in [0, 0.1) is 12.7 Å². The van der Waals surface area contributed by atoms with E-state index in [1.165, 1.54) is 12.1 Å². The molecule has 0 bridgehead atoms. The van der Waals surface area contributed by atoms with Gasteiger partial charge in [0.05, 0.1) is 0 Å². The van der Waals surface area contributed by atoms with E-state index in [0.717, 1.165) is 5.56 Å². The topological polar surface area (TPSA) is 61.4 Å². The van der Waals surface area contributed by atoms with Gasteiger partial charge in [-0.15, -0.1) is 0 Å². The van der Waals surface area contributed by atoms with Crippen LogP contribution in [0.5, 0.6) is 0 Å². The first-order valence-electron chi connectivity index (χ1n) is 6.58. The number of amides is 3. The molecule has 1 aliphatic rings. The molecular formula is C14H18FN3O2. The van der Waals surface area contributed by atoms with Crippen molar-refractivity contribution in [2.75, 3.05) is 18.4 Å². The lowest BCUT2D eigenvalue weighted by atomic mass is 10.2. The molecule has 3 amide bonds. The van der Waals surface area contributed by atoms with E-state index in [2.05, 4.69) is 10.6 Å². The first kappa shape index (κ1) is 14.3. The highest BCUT2D eigenvalue weighted by Crippen LogP contribution is 2.17. The van der Waals surface area contributed by atoms with E-state index < -0.39 is 5.82 Å². The number of hydrogen-bond donors (Lipinski definition) is 2. The van der Waals surface area contributed by atoms with E-state index in [4.69, 9.17) is 0 Å². The Labute approximate surface area is 117 Å². The highest BCUT2D eigenvalue weighted by atomic mass is 19.1. The Kier molecular flexibility index (Phi) is 4.22. The maximum absolute atomic E-state index is 13.2. The van der Waals surface area contributed by atoms with E-state index in [9.17, 15) is 14.0 Å². The standard InChI is InChI=1S/C14H18FN3O2/c1-9-3-4-11(15)7-12(9)17-14(20)18-6-5-13(19)16-8-10(18)2/h3-4,7,10H,5-6,8H2,1-2H3,(H,16,19)(H,17,20)/t10-/m0/s1. The van der Waals surface area contributed by atoms with Crippen LogP contribution in [0.2, 0.25) is 0 Å². The minimum absolute atomic E-state index is 0.0610. The first-order valence-corrected chi connectivity index (χ1v) is 6.58. The number of nitrogens with one attached hydrogen (secondary N) is 2. The highest BCUT2D eigenvalue weighted by molar-refractivity contribution is 5.91. The van der Waals surface area contributed by atoms with Crippen molar-refractivity contribution in [3.05, 3.63) is 29.6 Å². The van der Waals surface area contributed by atoms with Gasteiger partial charge in [0.2, 0.25) is 5.91 Å². The molecular weight excluding hydrogens is 261 g/mol. The second kappa shape index (κ2) is 5.90. The van der Waals surface area contributed by atoms with Gasteiger partial charge in [-0.25, -0.2) is 9.18 Å². The zero-order valence-corrected chi connectivity index (χ0v) is 11.6. The van der Waals surface area contributed by atoms with Crippen molar-refractivity contribution in [1.29, 1.82) is 0 Å². The lowest BCUT2D eigenvalue weighted by Crippen LogP contribution is -2.44. The SMILES string of the molecule is Cc1ccc(F)cc1NC(=O)N1CCC(=O)NC[C@@H]1C. The largest absolute Gasteiger partial charge is 0.354 e. The Morgan fingerprint density at radius 3 is 3.00 bits per heavy atom. The van der Waals surface area contributed by atoms with E-state index in [1.807, 2.05) is 6.92 Å². The molecule has 20 heavy (non-hydrogen) atoms. The molecule has 5 nitrogen and oxygen atoms in total. The molecule has 0 saturated carbocycles. The van der Waals surface area contributed by atoms with E-state index in [1.54, 1.807) is 17.9 Å². The number of hydrogen-bond acceptors (Lipinski definition) is 2. The lowest BCUT2D eigenvalue weighted by Gasteiger charge is -2.27. The average Bonchev–Trinajstić information content (AvgIpc) is 2.56. The second-order valence-electron chi connectivity index (χ2n) is 4.99. The monoisotopic (exact) mass is 279 g/mol. The van der Waals surface area contributed by atoms with E-state index >= 15 is 0 Å². The average molecular weight is 279 g/mol. The molecule has 1 heterocycles. The normalized spacial score (nSPS) is 19.2. The summed E-state index contributed by atoms with van der Waals surface area (Å²) in [6, 6.07) is 3.83. The van der Waals surface area contributed by atoms with Gasteiger partial charge in [0.15, 0.2) is 0 Å². The van der Waals surface area contributed by atoms with Gasteiger partial charge in [-0.1, -0.05) is 6.07 Å². The fraction of sp³-hybridized carbons (Fsp3) is 0.429. The molecule has 1 aliphatic heterocycles. The minimum atomic E-state index is -0.397. The third kappa shape index (κ3) is 3.26. The van der Waals surface area contributed by atoms with Crippen LogP contribution < -0.4 is 10.6 Å². The summed E-state index contributed by atoms with van der Waals surface area (Å²) in [7, 11) is 0. The Hall–Kier alpha value is -2.11. The molecule has 1 fully saturated rings. The van der Waals surface area contributed by atoms with Crippen molar-refractivity contribution in [3.8, 4) is 0 Å². The number of halogens is 1. The zero-order valence-electron chi connectivity index (χ0n) is 11.6. The Morgan fingerprint density at radius 1 is 1.50 bits per heavy atom. The number of nitrogens with zero attached hydrogens (tertiary/aromatic N) is 1. The van der Waals surface area contributed by atoms with Gasteiger partial charge in [-0.2, -0.15) is 0 Å². The van der Waals surface area contributed by atoms with Gasteiger partial charge >= 0.3 is 6.03 Å². The van der Waals surface area contributed by atoms with E-state index in [0.29, 0.717) is 18.8 Å². The Morgan fingerprint density at radius 2 is 2.25 bits per heavy atom. The predicted octanol–water partition coefficient (Wildman–Crippen LogP) is 1.88. The molecule has 1 aromatic rings. The summed E-state index contributed by atoms with van der Waals surface area (Å²) in [6.45, 7) is 4.44. The van der Waals surface area contributed by atoms with Gasteiger partial charge < -0.3 is 15.5 Å². The van der Waals surface area contributed by atoms with Crippen molar-refractivity contribution in [1.82, 2.24) is 10.2 Å². The molecule has 0 aromatic heterocycles. The van der Waals surface area contributed by atoms with Gasteiger partial charge in [-0.05, 0) is 31.5 Å². The van der Waals surface area contributed by atoms with Crippen LogP contribution >= 0.6 is 0 Å². The summed E-state index contributed by atoms with van der Waals surface area (Å²) < 4.78 is 13.2. The van der Waals surface area contributed by atoms with Gasteiger partial charge in [0.1, 0.15) is 5.82 Å².